The van der Waals surface area contributed by atoms with E-state index in [2.05, 4.69) is 4.98 Å². The Labute approximate surface area is 103 Å². The predicted octanol–water partition coefficient (Wildman–Crippen LogP) is 0.634. The van der Waals surface area contributed by atoms with Crippen molar-refractivity contribution in [1.82, 2.24) is 9.55 Å². The lowest BCUT2D eigenvalue weighted by Crippen LogP contribution is -2.11. The molecule has 1 rings (SSSR count). The first kappa shape index (κ1) is 13.6. The Hall–Kier alpha value is -1.50. The van der Waals surface area contributed by atoms with E-state index in [0.29, 0.717) is 24.5 Å². The number of hydrogen-bond acceptors (Lipinski definition) is 4. The van der Waals surface area contributed by atoms with Gasteiger partial charge < -0.3 is 15.4 Å². The van der Waals surface area contributed by atoms with Gasteiger partial charge in [-0.1, -0.05) is 11.8 Å². The number of aliphatic carboxylic acids is 1. The van der Waals surface area contributed by atoms with E-state index in [1.807, 2.05) is 17.7 Å². The zero-order chi connectivity index (χ0) is 12.8. The smallest absolute Gasteiger partial charge is 0.313 e. The van der Waals surface area contributed by atoms with Crippen LogP contribution in [0.3, 0.4) is 0 Å². The molecule has 1 aromatic rings. The van der Waals surface area contributed by atoms with Crippen LogP contribution in [0.4, 0.5) is 0 Å². The summed E-state index contributed by atoms with van der Waals surface area (Å²) < 4.78 is 1.85. The van der Waals surface area contributed by atoms with Crippen molar-refractivity contribution in [2.45, 2.75) is 31.5 Å². The van der Waals surface area contributed by atoms with Gasteiger partial charge in [0.05, 0.1) is 11.4 Å². The van der Waals surface area contributed by atoms with Gasteiger partial charge in [-0.25, -0.2) is 4.98 Å². The standard InChI is InChI=1S/C10H15N3O3S/c1-7-5-13(4-2-3-8(11)14)10(12-7)17-6-9(15)16/h5H,2-4,6H2,1H3,(H2,11,14)(H,15,16). The number of thioether (sulfide) groups is 1. The third kappa shape index (κ3) is 4.90. The third-order valence-electron chi connectivity index (χ3n) is 2.01. The summed E-state index contributed by atoms with van der Waals surface area (Å²) in [4.78, 5) is 25.3. The van der Waals surface area contributed by atoms with Crippen molar-refractivity contribution in [3.05, 3.63) is 11.9 Å². The van der Waals surface area contributed by atoms with Gasteiger partial charge in [0, 0.05) is 19.2 Å². The Morgan fingerprint density at radius 2 is 2.29 bits per heavy atom. The molecule has 0 atom stereocenters. The van der Waals surface area contributed by atoms with Crippen LogP contribution < -0.4 is 5.73 Å². The van der Waals surface area contributed by atoms with Crippen LogP contribution >= 0.6 is 11.8 Å². The van der Waals surface area contributed by atoms with Crippen molar-refractivity contribution in [2.24, 2.45) is 5.73 Å². The number of imidazole rings is 1. The van der Waals surface area contributed by atoms with E-state index in [1.165, 1.54) is 11.8 Å². The van der Waals surface area contributed by atoms with Gasteiger partial charge in [-0.15, -0.1) is 0 Å². The zero-order valence-electron chi connectivity index (χ0n) is 9.55. The van der Waals surface area contributed by atoms with Crippen LogP contribution in [0.1, 0.15) is 18.5 Å². The molecular weight excluding hydrogens is 242 g/mol. The average molecular weight is 257 g/mol. The fraction of sp³-hybridized carbons (Fsp3) is 0.500. The van der Waals surface area contributed by atoms with Gasteiger partial charge in [-0.2, -0.15) is 0 Å². The van der Waals surface area contributed by atoms with E-state index in [0.717, 1.165) is 5.69 Å². The second-order valence-corrected chi connectivity index (χ2v) is 4.55. The molecule has 0 aromatic carbocycles. The Morgan fingerprint density at radius 3 is 2.88 bits per heavy atom. The fourth-order valence-corrected chi connectivity index (χ4v) is 2.12. The summed E-state index contributed by atoms with van der Waals surface area (Å²) >= 11 is 1.17. The SMILES string of the molecule is Cc1cn(CCCC(N)=O)c(SCC(=O)O)n1. The molecule has 3 N–H and O–H groups in total. The first-order valence-corrected chi connectivity index (χ1v) is 6.14. The van der Waals surface area contributed by atoms with Crippen LogP contribution in [-0.4, -0.2) is 32.3 Å². The molecule has 94 valence electrons. The van der Waals surface area contributed by atoms with Crippen molar-refractivity contribution in [1.29, 1.82) is 0 Å². The topological polar surface area (TPSA) is 98.2 Å². The van der Waals surface area contributed by atoms with Gasteiger partial charge in [-0.3, -0.25) is 9.59 Å². The number of nitrogens with zero attached hydrogens (tertiary/aromatic N) is 2. The van der Waals surface area contributed by atoms with Gasteiger partial charge >= 0.3 is 5.97 Å². The van der Waals surface area contributed by atoms with Gasteiger partial charge in [0.25, 0.3) is 0 Å². The van der Waals surface area contributed by atoms with Crippen molar-refractivity contribution >= 4 is 23.6 Å². The maximum absolute atomic E-state index is 10.6. The highest BCUT2D eigenvalue weighted by Crippen LogP contribution is 2.18. The number of carbonyl (C=O) groups excluding carboxylic acids is 1. The lowest BCUT2D eigenvalue weighted by Gasteiger charge is -2.05. The van der Waals surface area contributed by atoms with E-state index in [-0.39, 0.29) is 11.7 Å². The number of hydrogen-bond donors (Lipinski definition) is 2. The van der Waals surface area contributed by atoms with Crippen molar-refractivity contribution < 1.29 is 14.7 Å². The highest BCUT2D eigenvalue weighted by Gasteiger charge is 2.08. The third-order valence-corrected chi connectivity index (χ3v) is 2.98. The minimum atomic E-state index is -0.876. The Balaban J connectivity index is 2.57. The Bertz CT molecular complexity index is 417. The summed E-state index contributed by atoms with van der Waals surface area (Å²) in [6, 6.07) is 0. The average Bonchev–Trinajstić information content (AvgIpc) is 2.55. The molecule has 7 heteroatoms. The fourth-order valence-electron chi connectivity index (χ4n) is 1.35. The molecule has 1 aromatic heterocycles. The van der Waals surface area contributed by atoms with Crippen molar-refractivity contribution in [3.8, 4) is 0 Å². The molecule has 0 radical (unpaired) electrons. The van der Waals surface area contributed by atoms with Crippen molar-refractivity contribution in [3.63, 3.8) is 0 Å². The molecular formula is C10H15N3O3S. The number of primary amides is 1. The van der Waals surface area contributed by atoms with Gasteiger partial charge in [0.15, 0.2) is 5.16 Å². The molecule has 0 fully saturated rings. The van der Waals surface area contributed by atoms with E-state index in [1.54, 1.807) is 0 Å². The first-order valence-electron chi connectivity index (χ1n) is 5.15. The normalized spacial score (nSPS) is 10.4. The molecule has 17 heavy (non-hydrogen) atoms. The molecule has 1 heterocycles. The number of aromatic nitrogens is 2. The molecule has 0 saturated carbocycles. The van der Waals surface area contributed by atoms with Crippen LogP contribution in [0.2, 0.25) is 0 Å². The van der Waals surface area contributed by atoms with Gasteiger partial charge in [-0.05, 0) is 13.3 Å². The second kappa shape index (κ2) is 6.29. The van der Waals surface area contributed by atoms with Gasteiger partial charge in [0.1, 0.15) is 0 Å². The molecule has 0 spiro atoms. The van der Waals surface area contributed by atoms with E-state index in [9.17, 15) is 9.59 Å². The van der Waals surface area contributed by atoms with Crippen molar-refractivity contribution in [2.75, 3.05) is 5.75 Å². The molecule has 0 aliphatic carbocycles. The van der Waals surface area contributed by atoms with Crippen LogP contribution in [-0.2, 0) is 16.1 Å². The summed E-state index contributed by atoms with van der Waals surface area (Å²) in [6.45, 7) is 2.46. The molecule has 0 aliphatic heterocycles. The highest BCUT2D eigenvalue weighted by atomic mass is 32.2. The monoisotopic (exact) mass is 257 g/mol. The maximum Gasteiger partial charge on any atom is 0.313 e. The minimum Gasteiger partial charge on any atom is -0.481 e. The molecule has 0 aliphatic rings. The van der Waals surface area contributed by atoms with Crippen LogP contribution in [0.5, 0.6) is 0 Å². The molecule has 0 unspecified atom stereocenters. The number of carboxylic acids is 1. The first-order chi connectivity index (χ1) is 7.99. The molecule has 0 saturated heterocycles. The number of amides is 1. The van der Waals surface area contributed by atoms with E-state index >= 15 is 0 Å². The lowest BCUT2D eigenvalue weighted by molar-refractivity contribution is -0.133. The summed E-state index contributed by atoms with van der Waals surface area (Å²) in [7, 11) is 0. The summed E-state index contributed by atoms with van der Waals surface area (Å²) in [5, 5.41) is 9.26. The van der Waals surface area contributed by atoms with E-state index < -0.39 is 5.97 Å². The van der Waals surface area contributed by atoms with Crippen LogP contribution in [0, 0.1) is 6.92 Å². The second-order valence-electron chi connectivity index (χ2n) is 3.61. The van der Waals surface area contributed by atoms with Crippen LogP contribution in [0.25, 0.3) is 0 Å². The highest BCUT2D eigenvalue weighted by molar-refractivity contribution is 7.99. The largest absolute Gasteiger partial charge is 0.481 e. The van der Waals surface area contributed by atoms with Gasteiger partial charge in [0.2, 0.25) is 5.91 Å². The Morgan fingerprint density at radius 1 is 1.59 bits per heavy atom. The molecule has 0 bridgehead atoms. The van der Waals surface area contributed by atoms with Crippen LogP contribution in [0.15, 0.2) is 11.4 Å². The number of aryl methyl sites for hydroxylation is 2. The minimum absolute atomic E-state index is 0.0216. The summed E-state index contributed by atoms with van der Waals surface area (Å²) in [5.41, 5.74) is 5.88. The number of nitrogens with two attached hydrogens (primary N) is 1. The predicted molar refractivity (Wildman–Crippen MR) is 63.8 cm³/mol. The number of carboxylic acid groups (broad SMARTS) is 1. The number of rotatable bonds is 7. The lowest BCUT2D eigenvalue weighted by atomic mass is 10.3. The summed E-state index contributed by atoms with van der Waals surface area (Å²) in [5.74, 6) is -1.23. The zero-order valence-corrected chi connectivity index (χ0v) is 10.4. The summed E-state index contributed by atoms with van der Waals surface area (Å²) in [6.07, 6.45) is 2.79. The quantitative estimate of drug-likeness (QED) is 0.698. The molecule has 6 nitrogen and oxygen atoms in total. The maximum atomic E-state index is 10.6. The Kier molecular flexibility index (Phi) is 5.02. The van der Waals surface area contributed by atoms with E-state index in [4.69, 9.17) is 10.8 Å². The molecule has 1 amide bonds. The number of carbonyl (C=O) groups is 2.